The molecule has 110 valence electrons. The van der Waals surface area contributed by atoms with E-state index in [1.54, 1.807) is 0 Å². The largest absolute Gasteiger partial charge is 0.302 e. The van der Waals surface area contributed by atoms with E-state index in [2.05, 4.69) is 23.8 Å². The number of benzene rings is 1. The van der Waals surface area contributed by atoms with Gasteiger partial charge in [0.25, 0.3) is 0 Å². The van der Waals surface area contributed by atoms with Crippen LogP contribution in [0.5, 0.6) is 0 Å². The van der Waals surface area contributed by atoms with E-state index < -0.39 is 0 Å². The molecule has 0 saturated carbocycles. The van der Waals surface area contributed by atoms with Crippen molar-refractivity contribution >= 4 is 5.78 Å². The molecule has 1 fully saturated rings. The molecule has 0 spiro atoms. The number of nitrogens with zero attached hydrogens (tertiary/aromatic N) is 2. The first-order valence-electron chi connectivity index (χ1n) is 7.74. The van der Waals surface area contributed by atoms with E-state index in [0.717, 1.165) is 25.1 Å². The molecule has 20 heavy (non-hydrogen) atoms. The molecule has 1 aromatic carbocycles. The zero-order valence-corrected chi connectivity index (χ0v) is 12.7. The van der Waals surface area contributed by atoms with Gasteiger partial charge in [0.2, 0.25) is 0 Å². The fraction of sp³-hybridized carbons (Fsp3) is 0.588. The minimum Gasteiger partial charge on any atom is -0.302 e. The maximum Gasteiger partial charge on any atom is 0.179 e. The highest BCUT2D eigenvalue weighted by molar-refractivity contribution is 6.00. The van der Waals surface area contributed by atoms with Crippen molar-refractivity contribution in [3.05, 3.63) is 35.9 Å². The van der Waals surface area contributed by atoms with E-state index in [1.807, 2.05) is 30.3 Å². The average molecular weight is 274 g/mol. The molecule has 2 rings (SSSR count). The van der Waals surface area contributed by atoms with Crippen molar-refractivity contribution in [2.75, 3.05) is 33.2 Å². The molecule has 0 radical (unpaired) electrons. The third kappa shape index (κ3) is 3.90. The van der Waals surface area contributed by atoms with Crippen LogP contribution in [0.3, 0.4) is 0 Å². The van der Waals surface area contributed by atoms with Gasteiger partial charge >= 0.3 is 0 Å². The third-order valence-electron chi connectivity index (χ3n) is 4.25. The Morgan fingerprint density at radius 3 is 2.50 bits per heavy atom. The van der Waals surface area contributed by atoms with Gasteiger partial charge in [0, 0.05) is 18.7 Å². The van der Waals surface area contributed by atoms with Gasteiger partial charge in [-0.1, -0.05) is 37.3 Å². The Kier molecular flexibility index (Phi) is 5.74. The quantitative estimate of drug-likeness (QED) is 0.714. The van der Waals surface area contributed by atoms with Crippen LogP contribution < -0.4 is 0 Å². The number of ketones is 1. The maximum atomic E-state index is 12.6. The van der Waals surface area contributed by atoms with E-state index in [9.17, 15) is 4.79 Å². The fourth-order valence-electron chi connectivity index (χ4n) is 2.95. The van der Waals surface area contributed by atoms with Gasteiger partial charge in [-0.3, -0.25) is 9.69 Å². The van der Waals surface area contributed by atoms with Crippen LogP contribution in [0, 0.1) is 0 Å². The predicted molar refractivity (Wildman–Crippen MR) is 83.2 cm³/mol. The first kappa shape index (κ1) is 15.2. The summed E-state index contributed by atoms with van der Waals surface area (Å²) in [4.78, 5) is 17.3. The molecule has 1 unspecified atom stereocenters. The van der Waals surface area contributed by atoms with Gasteiger partial charge in [0.15, 0.2) is 5.78 Å². The van der Waals surface area contributed by atoms with Gasteiger partial charge in [0.05, 0.1) is 6.04 Å². The van der Waals surface area contributed by atoms with Gasteiger partial charge in [-0.05, 0) is 39.4 Å². The summed E-state index contributed by atoms with van der Waals surface area (Å²) in [5.74, 6) is 0.247. The summed E-state index contributed by atoms with van der Waals surface area (Å²) in [6, 6.07) is 9.65. The monoisotopic (exact) mass is 274 g/mol. The van der Waals surface area contributed by atoms with Crippen LogP contribution in [-0.4, -0.2) is 54.9 Å². The highest BCUT2D eigenvalue weighted by atomic mass is 16.1. The number of likely N-dealkylation sites (tertiary alicyclic amines) is 1. The molecule has 3 heteroatoms. The molecule has 0 amide bonds. The van der Waals surface area contributed by atoms with Crippen LogP contribution in [-0.2, 0) is 0 Å². The summed E-state index contributed by atoms with van der Waals surface area (Å²) in [5, 5.41) is 0. The summed E-state index contributed by atoms with van der Waals surface area (Å²) < 4.78 is 0. The first-order valence-corrected chi connectivity index (χ1v) is 7.74. The average Bonchev–Trinajstić information content (AvgIpc) is 3.00. The van der Waals surface area contributed by atoms with Crippen molar-refractivity contribution in [3.63, 3.8) is 0 Å². The lowest BCUT2D eigenvalue weighted by Crippen LogP contribution is -2.42. The van der Waals surface area contributed by atoms with Crippen molar-refractivity contribution in [3.8, 4) is 0 Å². The molecular formula is C17H26N2O. The number of Topliss-reactive ketones (excluding diaryl/α,β-unsaturated/α-hetero) is 1. The van der Waals surface area contributed by atoms with Crippen molar-refractivity contribution < 1.29 is 4.79 Å². The third-order valence-corrected chi connectivity index (χ3v) is 4.25. The molecule has 1 aliphatic heterocycles. The zero-order chi connectivity index (χ0) is 14.4. The van der Waals surface area contributed by atoms with E-state index in [0.29, 0.717) is 0 Å². The van der Waals surface area contributed by atoms with Gasteiger partial charge < -0.3 is 4.90 Å². The van der Waals surface area contributed by atoms with Crippen LogP contribution in [0.15, 0.2) is 30.3 Å². The summed E-state index contributed by atoms with van der Waals surface area (Å²) in [6.45, 7) is 6.58. The van der Waals surface area contributed by atoms with Gasteiger partial charge in [-0.2, -0.15) is 0 Å². The minimum absolute atomic E-state index is 0.00000283. The van der Waals surface area contributed by atoms with Crippen molar-refractivity contribution in [2.45, 2.75) is 32.2 Å². The minimum atomic E-state index is 0.00000283. The van der Waals surface area contributed by atoms with E-state index >= 15 is 0 Å². The van der Waals surface area contributed by atoms with Crippen molar-refractivity contribution in [2.24, 2.45) is 0 Å². The molecule has 1 aliphatic rings. The number of carbonyl (C=O) groups excluding carboxylic acids is 1. The molecule has 0 bridgehead atoms. The van der Waals surface area contributed by atoms with Crippen LogP contribution in [0.1, 0.15) is 36.5 Å². The summed E-state index contributed by atoms with van der Waals surface area (Å²) in [5.41, 5.74) is 0.826. The summed E-state index contributed by atoms with van der Waals surface area (Å²) >= 11 is 0. The highest BCUT2D eigenvalue weighted by Gasteiger charge is 2.23. The Labute approximate surface area is 122 Å². The molecule has 0 aromatic heterocycles. The Bertz CT molecular complexity index is 412. The van der Waals surface area contributed by atoms with Crippen molar-refractivity contribution in [1.29, 1.82) is 0 Å². The Balaban J connectivity index is 1.91. The maximum absolute atomic E-state index is 12.6. The van der Waals surface area contributed by atoms with Crippen LogP contribution in [0.4, 0.5) is 0 Å². The standard InChI is InChI=1S/C17H26N2O/c1-3-16(17(20)15-9-5-4-6-10-15)18(2)13-14-19-11-7-8-12-19/h4-6,9-10,16H,3,7-8,11-14H2,1-2H3. The van der Waals surface area contributed by atoms with Gasteiger partial charge in [-0.15, -0.1) is 0 Å². The number of likely N-dealkylation sites (N-methyl/N-ethyl adjacent to an activating group) is 1. The van der Waals surface area contributed by atoms with E-state index in [1.165, 1.54) is 25.9 Å². The Morgan fingerprint density at radius 1 is 1.25 bits per heavy atom. The number of carbonyl (C=O) groups is 1. The summed E-state index contributed by atoms with van der Waals surface area (Å²) in [6.07, 6.45) is 3.51. The van der Waals surface area contributed by atoms with Gasteiger partial charge in [-0.25, -0.2) is 0 Å². The number of rotatable bonds is 7. The van der Waals surface area contributed by atoms with Crippen LogP contribution in [0.25, 0.3) is 0 Å². The van der Waals surface area contributed by atoms with Crippen LogP contribution in [0.2, 0.25) is 0 Å². The van der Waals surface area contributed by atoms with Gasteiger partial charge in [0.1, 0.15) is 0 Å². The molecule has 1 heterocycles. The smallest absolute Gasteiger partial charge is 0.179 e. The first-order chi connectivity index (χ1) is 9.72. The summed E-state index contributed by atoms with van der Waals surface area (Å²) in [7, 11) is 2.07. The lowest BCUT2D eigenvalue weighted by molar-refractivity contribution is 0.0835. The normalized spacial score (nSPS) is 17.6. The topological polar surface area (TPSA) is 23.6 Å². The molecule has 0 N–H and O–H groups in total. The Hall–Kier alpha value is -1.19. The van der Waals surface area contributed by atoms with E-state index in [4.69, 9.17) is 0 Å². The van der Waals surface area contributed by atoms with Crippen molar-refractivity contribution in [1.82, 2.24) is 9.80 Å². The SMILES string of the molecule is CCC(C(=O)c1ccccc1)N(C)CCN1CCCC1. The number of hydrogen-bond acceptors (Lipinski definition) is 3. The predicted octanol–water partition coefficient (Wildman–Crippen LogP) is 2.68. The molecule has 1 aromatic rings. The Morgan fingerprint density at radius 2 is 1.90 bits per heavy atom. The lowest BCUT2D eigenvalue weighted by atomic mass is 10.0. The second-order valence-corrected chi connectivity index (χ2v) is 5.68. The lowest BCUT2D eigenvalue weighted by Gasteiger charge is -2.28. The van der Waals surface area contributed by atoms with E-state index in [-0.39, 0.29) is 11.8 Å². The number of hydrogen-bond donors (Lipinski definition) is 0. The molecular weight excluding hydrogens is 248 g/mol. The van der Waals surface area contributed by atoms with Crippen LogP contribution >= 0.6 is 0 Å². The molecule has 1 atom stereocenters. The molecule has 0 aliphatic carbocycles. The molecule has 3 nitrogen and oxygen atoms in total. The highest BCUT2D eigenvalue weighted by Crippen LogP contribution is 2.12. The second-order valence-electron chi connectivity index (χ2n) is 5.68. The molecule has 1 saturated heterocycles. The second kappa shape index (κ2) is 7.55. The zero-order valence-electron chi connectivity index (χ0n) is 12.7. The fourth-order valence-corrected chi connectivity index (χ4v) is 2.95.